The maximum absolute atomic E-state index is 9.28. The van der Waals surface area contributed by atoms with Crippen molar-refractivity contribution in [1.82, 2.24) is 0 Å². The number of fused-ring (bicyclic) bond motifs is 1. The van der Waals surface area contributed by atoms with Gasteiger partial charge >= 0.3 is 0 Å². The van der Waals surface area contributed by atoms with Gasteiger partial charge in [-0.1, -0.05) is 13.8 Å². The van der Waals surface area contributed by atoms with Crippen LogP contribution in [0.25, 0.3) is 0 Å². The second kappa shape index (κ2) is 5.27. The minimum Gasteiger partial charge on any atom is -0.486 e. The summed E-state index contributed by atoms with van der Waals surface area (Å²) in [5, 5.41) is 12.6. The second-order valence-electron chi connectivity index (χ2n) is 4.54. The van der Waals surface area contributed by atoms with Crippen molar-refractivity contribution in [3.63, 3.8) is 0 Å². The molecule has 0 spiro atoms. The molecule has 0 amide bonds. The van der Waals surface area contributed by atoms with Gasteiger partial charge in [0.25, 0.3) is 0 Å². The molecule has 0 bridgehead atoms. The van der Waals surface area contributed by atoms with Crippen LogP contribution in [0.1, 0.15) is 13.8 Å². The standard InChI is InChI=1S/C13H19NO3/c1-9(2)11(8-15)14-10-3-4-12-13(7-10)17-6-5-16-12/h3-4,7,9,11,14-15H,5-6,8H2,1-2H3. The third-order valence-corrected chi connectivity index (χ3v) is 2.90. The monoisotopic (exact) mass is 237 g/mol. The highest BCUT2D eigenvalue weighted by atomic mass is 16.6. The number of hydrogen-bond donors (Lipinski definition) is 2. The van der Waals surface area contributed by atoms with Gasteiger partial charge < -0.3 is 19.9 Å². The van der Waals surface area contributed by atoms with Crippen molar-refractivity contribution in [2.24, 2.45) is 5.92 Å². The first-order valence-corrected chi connectivity index (χ1v) is 5.97. The SMILES string of the molecule is CC(C)C(CO)Nc1ccc2c(c1)OCCO2. The molecule has 4 heteroatoms. The number of anilines is 1. The van der Waals surface area contributed by atoms with Crippen LogP contribution < -0.4 is 14.8 Å². The van der Waals surface area contributed by atoms with Crippen molar-refractivity contribution < 1.29 is 14.6 Å². The average molecular weight is 237 g/mol. The van der Waals surface area contributed by atoms with Gasteiger partial charge in [0.1, 0.15) is 13.2 Å². The largest absolute Gasteiger partial charge is 0.486 e. The zero-order valence-electron chi connectivity index (χ0n) is 10.3. The normalized spacial score (nSPS) is 15.8. The van der Waals surface area contributed by atoms with E-state index in [-0.39, 0.29) is 12.6 Å². The van der Waals surface area contributed by atoms with Crippen LogP contribution in [0.15, 0.2) is 18.2 Å². The first-order valence-electron chi connectivity index (χ1n) is 5.97. The molecule has 94 valence electrons. The van der Waals surface area contributed by atoms with Gasteiger partial charge in [-0.3, -0.25) is 0 Å². The van der Waals surface area contributed by atoms with Gasteiger partial charge in [0.05, 0.1) is 12.6 Å². The van der Waals surface area contributed by atoms with Crippen LogP contribution in [0.4, 0.5) is 5.69 Å². The Morgan fingerprint density at radius 3 is 2.59 bits per heavy atom. The quantitative estimate of drug-likeness (QED) is 0.839. The van der Waals surface area contributed by atoms with Crippen molar-refractivity contribution in [2.45, 2.75) is 19.9 Å². The predicted octanol–water partition coefficient (Wildman–Crippen LogP) is 1.89. The number of aliphatic hydroxyl groups excluding tert-OH is 1. The molecule has 1 aliphatic rings. The third-order valence-electron chi connectivity index (χ3n) is 2.90. The molecular formula is C13H19NO3. The lowest BCUT2D eigenvalue weighted by Gasteiger charge is -2.23. The molecule has 0 fully saturated rings. The highest BCUT2D eigenvalue weighted by Crippen LogP contribution is 2.32. The molecule has 2 rings (SSSR count). The molecule has 1 aromatic carbocycles. The van der Waals surface area contributed by atoms with Gasteiger partial charge in [-0.25, -0.2) is 0 Å². The Morgan fingerprint density at radius 1 is 1.24 bits per heavy atom. The van der Waals surface area contributed by atoms with Crippen LogP contribution in [-0.2, 0) is 0 Å². The summed E-state index contributed by atoms with van der Waals surface area (Å²) in [7, 11) is 0. The number of hydrogen-bond acceptors (Lipinski definition) is 4. The minimum atomic E-state index is 0.0533. The van der Waals surface area contributed by atoms with E-state index in [0.29, 0.717) is 19.1 Å². The van der Waals surface area contributed by atoms with Crippen LogP contribution in [0, 0.1) is 5.92 Å². The number of rotatable bonds is 4. The number of benzene rings is 1. The van der Waals surface area contributed by atoms with Gasteiger partial charge in [0.15, 0.2) is 11.5 Å². The van der Waals surface area contributed by atoms with Crippen LogP contribution in [0.3, 0.4) is 0 Å². The van der Waals surface area contributed by atoms with E-state index >= 15 is 0 Å². The topological polar surface area (TPSA) is 50.7 Å². The first kappa shape index (κ1) is 12.0. The van der Waals surface area contributed by atoms with E-state index in [1.807, 2.05) is 18.2 Å². The lowest BCUT2D eigenvalue weighted by Crippen LogP contribution is -2.29. The Kier molecular flexibility index (Phi) is 3.74. The van der Waals surface area contributed by atoms with Gasteiger partial charge in [-0.2, -0.15) is 0 Å². The maximum Gasteiger partial charge on any atom is 0.163 e. The Bertz CT molecular complexity index is 379. The summed E-state index contributed by atoms with van der Waals surface area (Å²) >= 11 is 0. The molecule has 0 saturated heterocycles. The molecule has 1 atom stereocenters. The van der Waals surface area contributed by atoms with E-state index in [9.17, 15) is 5.11 Å². The molecule has 0 radical (unpaired) electrons. The van der Waals surface area contributed by atoms with Gasteiger partial charge in [0.2, 0.25) is 0 Å². The predicted molar refractivity (Wildman–Crippen MR) is 66.8 cm³/mol. The molecule has 0 aliphatic carbocycles. The van der Waals surface area contributed by atoms with E-state index in [2.05, 4.69) is 19.2 Å². The summed E-state index contributed by atoms with van der Waals surface area (Å²) in [4.78, 5) is 0. The lowest BCUT2D eigenvalue weighted by molar-refractivity contribution is 0.171. The summed E-state index contributed by atoms with van der Waals surface area (Å²) in [6.45, 7) is 5.46. The van der Waals surface area contributed by atoms with E-state index < -0.39 is 0 Å². The Hall–Kier alpha value is -1.42. The molecule has 17 heavy (non-hydrogen) atoms. The molecule has 1 unspecified atom stereocenters. The summed E-state index contributed by atoms with van der Waals surface area (Å²) in [5.41, 5.74) is 0.946. The Labute approximate surface area is 102 Å². The molecule has 2 N–H and O–H groups in total. The fourth-order valence-electron chi connectivity index (χ4n) is 1.77. The summed E-state index contributed by atoms with van der Waals surface area (Å²) in [6, 6.07) is 5.81. The van der Waals surface area contributed by atoms with E-state index in [0.717, 1.165) is 17.2 Å². The molecule has 1 aliphatic heterocycles. The summed E-state index contributed by atoms with van der Waals surface area (Å²) < 4.78 is 11.0. The van der Waals surface area contributed by atoms with Crippen LogP contribution in [-0.4, -0.2) is 31.0 Å². The van der Waals surface area contributed by atoms with E-state index in [4.69, 9.17) is 9.47 Å². The fraction of sp³-hybridized carbons (Fsp3) is 0.538. The molecule has 1 aromatic rings. The number of ether oxygens (including phenoxy) is 2. The molecular weight excluding hydrogens is 218 g/mol. The Balaban J connectivity index is 2.11. The van der Waals surface area contributed by atoms with Crippen molar-refractivity contribution in [1.29, 1.82) is 0 Å². The van der Waals surface area contributed by atoms with Crippen LogP contribution in [0.5, 0.6) is 11.5 Å². The maximum atomic E-state index is 9.28. The molecule has 4 nitrogen and oxygen atoms in total. The average Bonchev–Trinajstić information content (AvgIpc) is 2.35. The zero-order valence-corrected chi connectivity index (χ0v) is 10.3. The zero-order chi connectivity index (χ0) is 12.3. The van der Waals surface area contributed by atoms with Crippen LogP contribution >= 0.6 is 0 Å². The molecule has 0 saturated carbocycles. The lowest BCUT2D eigenvalue weighted by atomic mass is 10.1. The molecule has 1 heterocycles. The minimum absolute atomic E-state index is 0.0533. The van der Waals surface area contributed by atoms with E-state index in [1.54, 1.807) is 0 Å². The van der Waals surface area contributed by atoms with Crippen molar-refractivity contribution in [2.75, 3.05) is 25.1 Å². The highest BCUT2D eigenvalue weighted by Gasteiger charge is 2.15. The van der Waals surface area contributed by atoms with Crippen molar-refractivity contribution in [3.05, 3.63) is 18.2 Å². The van der Waals surface area contributed by atoms with E-state index in [1.165, 1.54) is 0 Å². The van der Waals surface area contributed by atoms with Crippen LogP contribution in [0.2, 0.25) is 0 Å². The first-order chi connectivity index (χ1) is 8.20. The third kappa shape index (κ3) is 2.82. The van der Waals surface area contributed by atoms with Gasteiger partial charge in [-0.15, -0.1) is 0 Å². The number of nitrogens with one attached hydrogen (secondary N) is 1. The van der Waals surface area contributed by atoms with Crippen molar-refractivity contribution >= 4 is 5.69 Å². The highest BCUT2D eigenvalue weighted by molar-refractivity contribution is 5.55. The summed E-state index contributed by atoms with van der Waals surface area (Å²) in [5.74, 6) is 1.92. The smallest absolute Gasteiger partial charge is 0.163 e. The summed E-state index contributed by atoms with van der Waals surface area (Å²) in [6.07, 6.45) is 0. The van der Waals surface area contributed by atoms with Crippen molar-refractivity contribution in [3.8, 4) is 11.5 Å². The Morgan fingerprint density at radius 2 is 1.94 bits per heavy atom. The second-order valence-corrected chi connectivity index (χ2v) is 4.54. The number of aliphatic hydroxyl groups is 1. The van der Waals surface area contributed by atoms with Gasteiger partial charge in [0, 0.05) is 11.8 Å². The van der Waals surface area contributed by atoms with Gasteiger partial charge in [-0.05, 0) is 18.1 Å². The fourth-order valence-corrected chi connectivity index (χ4v) is 1.77. The molecule has 0 aromatic heterocycles.